The molecular formula is C18H17ClN4O2S2. The maximum atomic E-state index is 12.7. The quantitative estimate of drug-likeness (QED) is 0.526. The lowest BCUT2D eigenvalue weighted by atomic mass is 10.2. The number of amides is 1. The molecule has 1 aliphatic carbocycles. The van der Waals surface area contributed by atoms with Gasteiger partial charge in [-0.25, -0.2) is 4.98 Å². The molecule has 1 saturated carbocycles. The van der Waals surface area contributed by atoms with Crippen molar-refractivity contribution in [3.05, 3.63) is 46.3 Å². The fourth-order valence-corrected chi connectivity index (χ4v) is 4.57. The molecule has 0 saturated heterocycles. The van der Waals surface area contributed by atoms with Gasteiger partial charge in [-0.1, -0.05) is 35.5 Å². The third-order valence-corrected chi connectivity index (χ3v) is 6.55. The Hall–Kier alpha value is -1.90. The van der Waals surface area contributed by atoms with E-state index < -0.39 is 0 Å². The van der Waals surface area contributed by atoms with E-state index in [2.05, 4.69) is 15.2 Å². The number of rotatable bonds is 7. The van der Waals surface area contributed by atoms with Gasteiger partial charge in [0.25, 0.3) is 0 Å². The Morgan fingerprint density at radius 3 is 2.89 bits per heavy atom. The first kappa shape index (κ1) is 18.5. The van der Waals surface area contributed by atoms with Crippen molar-refractivity contribution >= 4 is 40.6 Å². The van der Waals surface area contributed by atoms with E-state index >= 15 is 0 Å². The second kappa shape index (κ2) is 8.00. The summed E-state index contributed by atoms with van der Waals surface area (Å²) >= 11 is 9.22. The summed E-state index contributed by atoms with van der Waals surface area (Å²) in [6.45, 7) is 2.27. The molecule has 27 heavy (non-hydrogen) atoms. The molecule has 0 bridgehead atoms. The molecule has 4 rings (SSSR count). The van der Waals surface area contributed by atoms with Crippen molar-refractivity contribution in [3.8, 4) is 11.5 Å². The standard InChI is InChI=1S/C18H17ClN4O2S2/c1-11-9-26-18(20-11)27-10-16(24)23(12-6-7-12)8-15-21-22-17(25-15)13-4-2-3-5-14(13)19/h2-5,9,12H,6-8,10H2,1H3. The number of benzene rings is 1. The van der Waals surface area contributed by atoms with Gasteiger partial charge in [0.2, 0.25) is 17.7 Å². The van der Waals surface area contributed by atoms with E-state index in [-0.39, 0.29) is 11.9 Å². The normalized spacial score (nSPS) is 13.7. The van der Waals surface area contributed by atoms with E-state index in [1.165, 1.54) is 11.8 Å². The van der Waals surface area contributed by atoms with Crippen LogP contribution in [0.1, 0.15) is 24.4 Å². The van der Waals surface area contributed by atoms with Gasteiger partial charge in [-0.2, -0.15) is 0 Å². The monoisotopic (exact) mass is 420 g/mol. The Morgan fingerprint density at radius 2 is 2.19 bits per heavy atom. The van der Waals surface area contributed by atoms with Crippen LogP contribution in [0.4, 0.5) is 0 Å². The highest BCUT2D eigenvalue weighted by molar-refractivity contribution is 8.01. The summed E-state index contributed by atoms with van der Waals surface area (Å²) in [5, 5.41) is 10.7. The zero-order valence-electron chi connectivity index (χ0n) is 14.6. The van der Waals surface area contributed by atoms with Crippen molar-refractivity contribution < 1.29 is 9.21 Å². The number of halogens is 1. The van der Waals surface area contributed by atoms with Crippen LogP contribution in [0.3, 0.4) is 0 Å². The second-order valence-electron chi connectivity index (χ2n) is 6.28. The van der Waals surface area contributed by atoms with Crippen LogP contribution >= 0.6 is 34.7 Å². The van der Waals surface area contributed by atoms with Crippen LogP contribution in [0.2, 0.25) is 5.02 Å². The van der Waals surface area contributed by atoms with E-state index in [0.29, 0.717) is 34.7 Å². The van der Waals surface area contributed by atoms with Crippen molar-refractivity contribution in [2.45, 2.75) is 36.7 Å². The number of hydrogen-bond donors (Lipinski definition) is 0. The van der Waals surface area contributed by atoms with Crippen molar-refractivity contribution in [2.75, 3.05) is 5.75 Å². The fourth-order valence-electron chi connectivity index (χ4n) is 2.62. The summed E-state index contributed by atoms with van der Waals surface area (Å²) in [6, 6.07) is 7.57. The number of thiazole rings is 1. The van der Waals surface area contributed by atoms with Gasteiger partial charge in [0.15, 0.2) is 4.34 Å². The predicted octanol–water partition coefficient (Wildman–Crippen LogP) is 4.44. The van der Waals surface area contributed by atoms with Crippen molar-refractivity contribution in [2.24, 2.45) is 0 Å². The van der Waals surface area contributed by atoms with Crippen LogP contribution in [-0.4, -0.2) is 37.8 Å². The van der Waals surface area contributed by atoms with Crippen LogP contribution in [0.15, 0.2) is 38.4 Å². The molecule has 1 aliphatic rings. The average molecular weight is 421 g/mol. The number of hydrogen-bond acceptors (Lipinski definition) is 7. The minimum atomic E-state index is 0.0628. The largest absolute Gasteiger partial charge is 0.419 e. The SMILES string of the molecule is Cc1csc(SCC(=O)N(Cc2nnc(-c3ccccc3Cl)o2)C2CC2)n1. The van der Waals surface area contributed by atoms with Gasteiger partial charge in [0.05, 0.1) is 22.9 Å². The summed E-state index contributed by atoms with van der Waals surface area (Å²) in [4.78, 5) is 18.9. The highest BCUT2D eigenvalue weighted by Crippen LogP contribution is 2.31. The molecule has 3 aromatic rings. The molecular weight excluding hydrogens is 404 g/mol. The number of nitrogens with zero attached hydrogens (tertiary/aromatic N) is 4. The van der Waals surface area contributed by atoms with Gasteiger partial charge in [0, 0.05) is 17.1 Å². The molecule has 0 aliphatic heterocycles. The molecule has 0 spiro atoms. The summed E-state index contributed by atoms with van der Waals surface area (Å²) in [5.41, 5.74) is 1.67. The lowest BCUT2D eigenvalue weighted by Crippen LogP contribution is -2.34. The van der Waals surface area contributed by atoms with Crippen LogP contribution in [0.25, 0.3) is 11.5 Å². The summed E-state index contributed by atoms with van der Waals surface area (Å²) in [7, 11) is 0. The van der Waals surface area contributed by atoms with Crippen molar-refractivity contribution in [1.29, 1.82) is 0 Å². The van der Waals surface area contributed by atoms with Gasteiger partial charge in [0.1, 0.15) is 0 Å². The lowest BCUT2D eigenvalue weighted by Gasteiger charge is -2.20. The van der Waals surface area contributed by atoms with Gasteiger partial charge < -0.3 is 9.32 Å². The predicted molar refractivity (Wildman–Crippen MR) is 106 cm³/mol. The Labute approximate surface area is 170 Å². The maximum absolute atomic E-state index is 12.7. The van der Waals surface area contributed by atoms with E-state index in [4.69, 9.17) is 16.0 Å². The highest BCUT2D eigenvalue weighted by atomic mass is 35.5. The molecule has 0 N–H and O–H groups in total. The molecule has 0 atom stereocenters. The summed E-state index contributed by atoms with van der Waals surface area (Å²) < 4.78 is 6.67. The van der Waals surface area contributed by atoms with E-state index in [1.54, 1.807) is 17.4 Å². The first-order chi connectivity index (χ1) is 13.1. The van der Waals surface area contributed by atoms with Crippen molar-refractivity contribution in [3.63, 3.8) is 0 Å². The highest BCUT2D eigenvalue weighted by Gasteiger charge is 2.33. The van der Waals surface area contributed by atoms with Crippen LogP contribution < -0.4 is 0 Å². The molecule has 1 aromatic carbocycles. The maximum Gasteiger partial charge on any atom is 0.249 e. The number of aromatic nitrogens is 3. The van der Waals surface area contributed by atoms with Crippen molar-refractivity contribution in [1.82, 2.24) is 20.1 Å². The lowest BCUT2D eigenvalue weighted by molar-refractivity contribution is -0.129. The fraction of sp³-hybridized carbons (Fsp3) is 0.333. The first-order valence-electron chi connectivity index (χ1n) is 8.52. The second-order valence-corrected chi connectivity index (χ2v) is 8.76. The zero-order chi connectivity index (χ0) is 18.8. The Kier molecular flexibility index (Phi) is 5.47. The Bertz CT molecular complexity index is 954. The summed E-state index contributed by atoms with van der Waals surface area (Å²) in [6.07, 6.45) is 2.02. The van der Waals surface area contributed by atoms with Gasteiger partial charge in [-0.3, -0.25) is 4.79 Å². The zero-order valence-corrected chi connectivity index (χ0v) is 17.0. The molecule has 1 amide bonds. The molecule has 1 fully saturated rings. The number of carbonyl (C=O) groups excluding carboxylic acids is 1. The topological polar surface area (TPSA) is 72.1 Å². The van der Waals surface area contributed by atoms with Crippen LogP contribution in [0.5, 0.6) is 0 Å². The third kappa shape index (κ3) is 4.51. The van der Waals surface area contributed by atoms with Crippen LogP contribution in [-0.2, 0) is 11.3 Å². The molecule has 2 aromatic heterocycles. The van der Waals surface area contributed by atoms with Gasteiger partial charge in [-0.15, -0.1) is 21.5 Å². The molecule has 2 heterocycles. The molecule has 0 unspecified atom stereocenters. The number of thioether (sulfide) groups is 1. The van der Waals surface area contributed by atoms with Gasteiger partial charge in [-0.05, 0) is 31.9 Å². The summed E-state index contributed by atoms with van der Waals surface area (Å²) in [5.74, 6) is 1.20. The number of carbonyl (C=O) groups is 1. The van der Waals surface area contributed by atoms with Crippen LogP contribution in [0, 0.1) is 6.92 Å². The molecule has 6 nitrogen and oxygen atoms in total. The smallest absolute Gasteiger partial charge is 0.249 e. The van der Waals surface area contributed by atoms with Gasteiger partial charge >= 0.3 is 0 Å². The Balaban J connectivity index is 1.43. The molecule has 140 valence electrons. The number of aryl methyl sites for hydroxylation is 1. The Morgan fingerprint density at radius 1 is 1.37 bits per heavy atom. The minimum Gasteiger partial charge on any atom is -0.419 e. The molecule has 9 heteroatoms. The van der Waals surface area contributed by atoms with E-state index in [0.717, 1.165) is 22.9 Å². The molecule has 0 radical (unpaired) electrons. The average Bonchev–Trinajstić information content (AvgIpc) is 3.25. The van der Waals surface area contributed by atoms with E-state index in [9.17, 15) is 4.79 Å². The first-order valence-corrected chi connectivity index (χ1v) is 10.8. The van der Waals surface area contributed by atoms with E-state index in [1.807, 2.05) is 35.4 Å². The minimum absolute atomic E-state index is 0.0628. The third-order valence-electron chi connectivity index (χ3n) is 4.10.